The van der Waals surface area contributed by atoms with Gasteiger partial charge in [0, 0.05) is 11.9 Å². The van der Waals surface area contributed by atoms with Gasteiger partial charge in [-0.15, -0.1) is 11.3 Å². The highest BCUT2D eigenvalue weighted by Crippen LogP contribution is 2.27. The van der Waals surface area contributed by atoms with Gasteiger partial charge in [0.05, 0.1) is 10.9 Å². The van der Waals surface area contributed by atoms with Gasteiger partial charge in [0.25, 0.3) is 0 Å². The Morgan fingerprint density at radius 3 is 2.95 bits per heavy atom. The average Bonchev–Trinajstić information content (AvgIpc) is 3.13. The van der Waals surface area contributed by atoms with Gasteiger partial charge in [0.2, 0.25) is 0 Å². The SMILES string of the molecule is CCCC(c1csc(NC(=O)NCc2ccsc2)n1)S(=O)[O-]. The summed E-state index contributed by atoms with van der Waals surface area (Å²) in [6.45, 7) is 2.36. The summed E-state index contributed by atoms with van der Waals surface area (Å²) in [6, 6.07) is 1.58. The van der Waals surface area contributed by atoms with Crippen molar-refractivity contribution in [1.29, 1.82) is 0 Å². The van der Waals surface area contributed by atoms with E-state index in [-0.39, 0.29) is 6.03 Å². The zero-order valence-corrected chi connectivity index (χ0v) is 14.4. The zero-order valence-electron chi connectivity index (χ0n) is 11.9. The molecule has 0 bridgehead atoms. The van der Waals surface area contributed by atoms with Crippen LogP contribution < -0.4 is 10.6 Å². The van der Waals surface area contributed by atoms with Crippen LogP contribution in [-0.2, 0) is 17.6 Å². The topological polar surface area (TPSA) is 94.2 Å². The van der Waals surface area contributed by atoms with E-state index >= 15 is 0 Å². The molecule has 0 saturated carbocycles. The fourth-order valence-electron chi connectivity index (χ4n) is 1.81. The van der Waals surface area contributed by atoms with Crippen LogP contribution in [0.1, 0.15) is 36.3 Å². The zero-order chi connectivity index (χ0) is 15.9. The molecule has 2 atom stereocenters. The molecular formula is C13H16N3O3S3-. The Kier molecular flexibility index (Phi) is 6.49. The van der Waals surface area contributed by atoms with Crippen molar-refractivity contribution in [3.63, 3.8) is 0 Å². The van der Waals surface area contributed by atoms with Crippen LogP contribution in [-0.4, -0.2) is 19.8 Å². The van der Waals surface area contributed by atoms with Crippen molar-refractivity contribution in [1.82, 2.24) is 10.3 Å². The predicted octanol–water partition coefficient (Wildman–Crippen LogP) is 3.25. The summed E-state index contributed by atoms with van der Waals surface area (Å²) < 4.78 is 22.4. The van der Waals surface area contributed by atoms with Gasteiger partial charge in [-0.05, 0) is 39.9 Å². The minimum Gasteiger partial charge on any atom is -0.772 e. The van der Waals surface area contributed by atoms with Crippen molar-refractivity contribution in [2.24, 2.45) is 0 Å². The first-order valence-corrected chi connectivity index (χ1v) is 9.65. The summed E-state index contributed by atoms with van der Waals surface area (Å²) in [5.74, 6) is 0. The van der Waals surface area contributed by atoms with Crippen LogP contribution in [0.5, 0.6) is 0 Å². The normalized spacial score (nSPS) is 13.5. The number of urea groups is 1. The number of thiophene rings is 1. The Hall–Kier alpha value is -1.29. The van der Waals surface area contributed by atoms with E-state index in [1.54, 1.807) is 16.7 Å². The van der Waals surface area contributed by atoms with Crippen LogP contribution in [0.3, 0.4) is 0 Å². The van der Waals surface area contributed by atoms with Crippen LogP contribution in [0.25, 0.3) is 0 Å². The lowest BCUT2D eigenvalue weighted by Crippen LogP contribution is -2.27. The minimum atomic E-state index is -2.21. The molecule has 0 aromatic carbocycles. The van der Waals surface area contributed by atoms with Gasteiger partial charge in [0.1, 0.15) is 0 Å². The molecule has 2 N–H and O–H groups in total. The summed E-state index contributed by atoms with van der Waals surface area (Å²) in [6.07, 6.45) is 1.27. The maximum atomic E-state index is 11.8. The Morgan fingerprint density at radius 2 is 2.32 bits per heavy atom. The van der Waals surface area contributed by atoms with E-state index in [0.717, 1.165) is 12.0 Å². The molecule has 0 radical (unpaired) electrons. The van der Waals surface area contributed by atoms with Crippen molar-refractivity contribution >= 4 is 44.9 Å². The Morgan fingerprint density at radius 1 is 1.50 bits per heavy atom. The van der Waals surface area contributed by atoms with E-state index in [1.165, 1.54) is 11.3 Å². The fraction of sp³-hybridized carbons (Fsp3) is 0.385. The Balaban J connectivity index is 1.90. The first kappa shape index (κ1) is 17.1. The Bertz CT molecular complexity index is 628. The van der Waals surface area contributed by atoms with Crippen LogP contribution in [0.2, 0.25) is 0 Å². The van der Waals surface area contributed by atoms with E-state index in [1.807, 2.05) is 23.8 Å². The lowest BCUT2D eigenvalue weighted by molar-refractivity contribution is 0.251. The molecule has 22 heavy (non-hydrogen) atoms. The van der Waals surface area contributed by atoms with E-state index in [0.29, 0.717) is 23.8 Å². The first-order valence-electron chi connectivity index (χ1n) is 6.69. The monoisotopic (exact) mass is 358 g/mol. The number of rotatable bonds is 7. The van der Waals surface area contributed by atoms with Crippen LogP contribution in [0.15, 0.2) is 22.2 Å². The third kappa shape index (κ3) is 4.87. The van der Waals surface area contributed by atoms with Crippen LogP contribution in [0.4, 0.5) is 9.93 Å². The standard InChI is InChI=1S/C13H17N3O3S3/c1-2-3-11(22(18)19)10-8-21-13(15-10)16-12(17)14-6-9-4-5-20-7-9/h4-5,7-8,11H,2-3,6H2,1H3,(H,18,19)(H2,14,15,16,17)/p-1. The number of nitrogens with one attached hydrogen (secondary N) is 2. The molecule has 0 aliphatic heterocycles. The second-order valence-electron chi connectivity index (χ2n) is 4.55. The number of carbonyl (C=O) groups is 1. The molecule has 0 fully saturated rings. The average molecular weight is 358 g/mol. The minimum absolute atomic E-state index is 0.359. The number of thiazole rings is 1. The second-order valence-corrected chi connectivity index (χ2v) is 7.28. The summed E-state index contributed by atoms with van der Waals surface area (Å²) >= 11 is 0.577. The van der Waals surface area contributed by atoms with E-state index in [2.05, 4.69) is 15.6 Å². The molecule has 0 aliphatic rings. The van der Waals surface area contributed by atoms with Crippen molar-refractivity contribution in [2.75, 3.05) is 5.32 Å². The highest BCUT2D eigenvalue weighted by atomic mass is 32.2. The molecule has 9 heteroatoms. The molecule has 2 amide bonds. The van der Waals surface area contributed by atoms with Crippen molar-refractivity contribution in [3.05, 3.63) is 33.5 Å². The summed E-state index contributed by atoms with van der Waals surface area (Å²) in [5.41, 5.74) is 1.51. The molecule has 2 heterocycles. The second kappa shape index (κ2) is 8.37. The number of hydrogen-bond acceptors (Lipinski definition) is 6. The number of carbonyl (C=O) groups excluding carboxylic acids is 1. The summed E-state index contributed by atoms with van der Waals surface area (Å²) in [7, 11) is 0. The predicted molar refractivity (Wildman–Crippen MR) is 88.9 cm³/mol. The molecule has 0 spiro atoms. The molecule has 6 nitrogen and oxygen atoms in total. The third-order valence-electron chi connectivity index (χ3n) is 2.89. The van der Waals surface area contributed by atoms with E-state index < -0.39 is 16.3 Å². The van der Waals surface area contributed by atoms with Crippen molar-refractivity contribution < 1.29 is 13.6 Å². The summed E-state index contributed by atoms with van der Waals surface area (Å²) in [4.78, 5) is 16.0. The van der Waals surface area contributed by atoms with Crippen LogP contribution >= 0.6 is 22.7 Å². The molecule has 2 aromatic heterocycles. The molecule has 0 saturated heterocycles. The van der Waals surface area contributed by atoms with E-state index in [9.17, 15) is 13.6 Å². The lowest BCUT2D eigenvalue weighted by Gasteiger charge is -2.16. The highest BCUT2D eigenvalue weighted by Gasteiger charge is 2.16. The molecule has 0 aliphatic carbocycles. The van der Waals surface area contributed by atoms with Gasteiger partial charge in [-0.3, -0.25) is 9.53 Å². The van der Waals surface area contributed by atoms with Gasteiger partial charge < -0.3 is 9.87 Å². The molecular weight excluding hydrogens is 342 g/mol. The number of aromatic nitrogens is 1. The number of amides is 2. The maximum Gasteiger partial charge on any atom is 0.321 e. The summed E-state index contributed by atoms with van der Waals surface area (Å²) in [5, 5.41) is 10.7. The number of nitrogens with zero attached hydrogens (tertiary/aromatic N) is 1. The highest BCUT2D eigenvalue weighted by molar-refractivity contribution is 7.79. The molecule has 2 rings (SSSR count). The lowest BCUT2D eigenvalue weighted by atomic mass is 10.2. The smallest absolute Gasteiger partial charge is 0.321 e. The molecule has 2 unspecified atom stereocenters. The van der Waals surface area contributed by atoms with Gasteiger partial charge >= 0.3 is 6.03 Å². The van der Waals surface area contributed by atoms with Crippen LogP contribution in [0, 0.1) is 0 Å². The first-order chi connectivity index (χ1) is 10.6. The number of anilines is 1. The molecule has 2 aromatic rings. The third-order valence-corrected chi connectivity index (χ3v) is 5.34. The largest absolute Gasteiger partial charge is 0.772 e. The van der Waals surface area contributed by atoms with Gasteiger partial charge in [0.15, 0.2) is 5.13 Å². The van der Waals surface area contributed by atoms with Gasteiger partial charge in [-0.1, -0.05) is 13.3 Å². The van der Waals surface area contributed by atoms with Crippen molar-refractivity contribution in [3.8, 4) is 0 Å². The number of hydrogen-bond donors (Lipinski definition) is 2. The van der Waals surface area contributed by atoms with E-state index in [4.69, 9.17) is 0 Å². The van der Waals surface area contributed by atoms with Gasteiger partial charge in [-0.2, -0.15) is 11.3 Å². The quantitative estimate of drug-likeness (QED) is 0.743. The fourth-order valence-corrected chi connectivity index (χ4v) is 4.07. The Labute approximate surface area is 139 Å². The maximum absolute atomic E-state index is 11.8. The molecule has 120 valence electrons. The van der Waals surface area contributed by atoms with Gasteiger partial charge in [-0.25, -0.2) is 9.78 Å². The van der Waals surface area contributed by atoms with Crippen molar-refractivity contribution in [2.45, 2.75) is 31.6 Å².